The van der Waals surface area contributed by atoms with Gasteiger partial charge in [0.2, 0.25) is 0 Å². The van der Waals surface area contributed by atoms with E-state index in [0.29, 0.717) is 11.8 Å². The molecule has 0 aromatic carbocycles. The number of likely N-dealkylation sites (tertiary alicyclic amines) is 1. The first-order valence-corrected chi connectivity index (χ1v) is 6.25. The summed E-state index contributed by atoms with van der Waals surface area (Å²) >= 11 is 1.73. The quantitative estimate of drug-likeness (QED) is 0.789. The fraction of sp³-hybridized carbons (Fsp3) is 0.500. The van der Waals surface area contributed by atoms with Gasteiger partial charge in [-0.15, -0.1) is 6.58 Å². The van der Waals surface area contributed by atoms with Crippen LogP contribution in [0.25, 0.3) is 0 Å². The van der Waals surface area contributed by atoms with Crippen LogP contribution in [0.3, 0.4) is 0 Å². The third-order valence-corrected chi connectivity index (χ3v) is 3.81. The van der Waals surface area contributed by atoms with Crippen molar-refractivity contribution in [3.63, 3.8) is 0 Å². The number of nitrogens with zero attached hydrogens (tertiary/aromatic N) is 1. The molecule has 1 N–H and O–H groups in total. The van der Waals surface area contributed by atoms with Gasteiger partial charge in [-0.2, -0.15) is 11.3 Å². The first-order valence-electron chi connectivity index (χ1n) is 5.31. The van der Waals surface area contributed by atoms with E-state index < -0.39 is 0 Å². The SMILES string of the molecule is C=CCN1C[C@H](CO)[C@@H](c2ccsc2)C1. The lowest BCUT2D eigenvalue weighted by molar-refractivity contribution is 0.217. The lowest BCUT2D eigenvalue weighted by atomic mass is 9.92. The van der Waals surface area contributed by atoms with E-state index in [-0.39, 0.29) is 6.61 Å². The van der Waals surface area contributed by atoms with Crippen molar-refractivity contribution in [1.29, 1.82) is 0 Å². The molecule has 0 saturated carbocycles. The Balaban J connectivity index is 2.07. The monoisotopic (exact) mass is 223 g/mol. The molecule has 82 valence electrons. The van der Waals surface area contributed by atoms with E-state index in [1.165, 1.54) is 5.56 Å². The zero-order chi connectivity index (χ0) is 10.7. The maximum Gasteiger partial charge on any atom is 0.0477 e. The highest BCUT2D eigenvalue weighted by Crippen LogP contribution is 2.33. The third kappa shape index (κ3) is 2.30. The van der Waals surface area contributed by atoms with E-state index >= 15 is 0 Å². The minimum Gasteiger partial charge on any atom is -0.396 e. The molecule has 1 aromatic heterocycles. The Bertz CT molecular complexity index is 309. The minimum atomic E-state index is 0.286. The van der Waals surface area contributed by atoms with E-state index in [1.54, 1.807) is 11.3 Å². The normalized spacial score (nSPS) is 27.0. The summed E-state index contributed by atoms with van der Waals surface area (Å²) in [6, 6.07) is 2.18. The predicted molar refractivity (Wildman–Crippen MR) is 64.3 cm³/mol. The molecule has 1 aliphatic heterocycles. The molecule has 0 unspecified atom stereocenters. The molecule has 0 amide bonds. The molecule has 1 saturated heterocycles. The molecule has 1 aliphatic rings. The maximum atomic E-state index is 9.37. The van der Waals surface area contributed by atoms with Crippen molar-refractivity contribution >= 4 is 11.3 Å². The van der Waals surface area contributed by atoms with Crippen LogP contribution in [-0.2, 0) is 0 Å². The second-order valence-electron chi connectivity index (χ2n) is 4.11. The summed E-state index contributed by atoms with van der Waals surface area (Å²) in [7, 11) is 0. The summed E-state index contributed by atoms with van der Waals surface area (Å²) in [5.41, 5.74) is 1.38. The number of hydrogen-bond acceptors (Lipinski definition) is 3. The molecular formula is C12H17NOS. The molecule has 2 rings (SSSR count). The molecule has 1 fully saturated rings. The van der Waals surface area contributed by atoms with Crippen molar-refractivity contribution in [1.82, 2.24) is 4.90 Å². The van der Waals surface area contributed by atoms with Crippen LogP contribution in [0, 0.1) is 5.92 Å². The molecule has 0 bridgehead atoms. The molecule has 0 spiro atoms. The van der Waals surface area contributed by atoms with Crippen molar-refractivity contribution in [2.24, 2.45) is 5.92 Å². The highest BCUT2D eigenvalue weighted by molar-refractivity contribution is 7.07. The van der Waals surface area contributed by atoms with Crippen LogP contribution in [0.1, 0.15) is 11.5 Å². The van der Waals surface area contributed by atoms with Crippen LogP contribution in [0.2, 0.25) is 0 Å². The standard InChI is InChI=1S/C12H17NOS/c1-2-4-13-6-11(8-14)12(7-13)10-3-5-15-9-10/h2-3,5,9,11-12,14H,1,4,6-8H2/t11-,12-/m1/s1. The fourth-order valence-electron chi connectivity index (χ4n) is 2.34. The van der Waals surface area contributed by atoms with Gasteiger partial charge in [0, 0.05) is 38.1 Å². The fourth-order valence-corrected chi connectivity index (χ4v) is 3.07. The molecular weight excluding hydrogens is 206 g/mol. The van der Waals surface area contributed by atoms with Crippen LogP contribution in [-0.4, -0.2) is 36.2 Å². The molecule has 15 heavy (non-hydrogen) atoms. The zero-order valence-electron chi connectivity index (χ0n) is 8.80. The van der Waals surface area contributed by atoms with Gasteiger partial charge >= 0.3 is 0 Å². The number of aliphatic hydroxyl groups excluding tert-OH is 1. The number of thiophene rings is 1. The molecule has 2 atom stereocenters. The molecule has 0 aliphatic carbocycles. The van der Waals surface area contributed by atoms with Crippen LogP contribution in [0.4, 0.5) is 0 Å². The van der Waals surface area contributed by atoms with Crippen LogP contribution in [0.15, 0.2) is 29.5 Å². The van der Waals surface area contributed by atoms with Gasteiger partial charge in [0.25, 0.3) is 0 Å². The molecule has 2 nitrogen and oxygen atoms in total. The zero-order valence-corrected chi connectivity index (χ0v) is 9.62. The number of hydrogen-bond donors (Lipinski definition) is 1. The van der Waals surface area contributed by atoms with E-state index in [4.69, 9.17) is 0 Å². The summed E-state index contributed by atoms with van der Waals surface area (Å²) < 4.78 is 0. The Morgan fingerprint density at radius 3 is 3.07 bits per heavy atom. The largest absolute Gasteiger partial charge is 0.396 e. The van der Waals surface area contributed by atoms with E-state index in [0.717, 1.165) is 19.6 Å². The van der Waals surface area contributed by atoms with Crippen LogP contribution < -0.4 is 0 Å². The highest BCUT2D eigenvalue weighted by Gasteiger charge is 2.32. The summed E-state index contributed by atoms with van der Waals surface area (Å²) in [6.07, 6.45) is 1.93. The number of aliphatic hydroxyl groups is 1. The van der Waals surface area contributed by atoms with E-state index in [2.05, 4.69) is 28.3 Å². The maximum absolute atomic E-state index is 9.37. The first kappa shape index (κ1) is 10.9. The predicted octanol–water partition coefficient (Wildman–Crippen LogP) is 1.94. The van der Waals surface area contributed by atoms with Gasteiger partial charge in [0.1, 0.15) is 0 Å². The summed E-state index contributed by atoms with van der Waals surface area (Å²) in [5, 5.41) is 13.7. The average Bonchev–Trinajstić information content (AvgIpc) is 2.84. The van der Waals surface area contributed by atoms with Gasteiger partial charge in [0.15, 0.2) is 0 Å². The third-order valence-electron chi connectivity index (χ3n) is 3.11. The lowest BCUT2D eigenvalue weighted by Crippen LogP contribution is -2.21. The van der Waals surface area contributed by atoms with Crippen LogP contribution in [0.5, 0.6) is 0 Å². The smallest absolute Gasteiger partial charge is 0.0477 e. The van der Waals surface area contributed by atoms with Crippen molar-refractivity contribution in [3.8, 4) is 0 Å². The van der Waals surface area contributed by atoms with Gasteiger partial charge in [-0.3, -0.25) is 4.90 Å². The van der Waals surface area contributed by atoms with Gasteiger partial charge < -0.3 is 5.11 Å². The van der Waals surface area contributed by atoms with Gasteiger partial charge in [-0.1, -0.05) is 6.08 Å². The van der Waals surface area contributed by atoms with Crippen molar-refractivity contribution < 1.29 is 5.11 Å². The second-order valence-corrected chi connectivity index (χ2v) is 4.89. The van der Waals surface area contributed by atoms with E-state index in [1.807, 2.05) is 6.08 Å². The van der Waals surface area contributed by atoms with Crippen LogP contribution >= 0.6 is 11.3 Å². The Morgan fingerprint density at radius 2 is 2.47 bits per heavy atom. The Morgan fingerprint density at radius 1 is 1.60 bits per heavy atom. The van der Waals surface area contributed by atoms with Gasteiger partial charge in [-0.05, 0) is 22.4 Å². The molecule has 1 aromatic rings. The lowest BCUT2D eigenvalue weighted by Gasteiger charge is -2.14. The van der Waals surface area contributed by atoms with Gasteiger partial charge in [0.05, 0.1) is 0 Å². The van der Waals surface area contributed by atoms with E-state index in [9.17, 15) is 5.11 Å². The molecule has 3 heteroatoms. The minimum absolute atomic E-state index is 0.286. The van der Waals surface area contributed by atoms with Gasteiger partial charge in [-0.25, -0.2) is 0 Å². The highest BCUT2D eigenvalue weighted by atomic mass is 32.1. The Hall–Kier alpha value is -0.640. The van der Waals surface area contributed by atoms with Crippen molar-refractivity contribution in [3.05, 3.63) is 35.0 Å². The Kier molecular flexibility index (Phi) is 3.57. The summed E-state index contributed by atoms with van der Waals surface area (Å²) in [6.45, 7) is 7.01. The molecule has 2 heterocycles. The average molecular weight is 223 g/mol. The van der Waals surface area contributed by atoms with Crippen molar-refractivity contribution in [2.75, 3.05) is 26.2 Å². The van der Waals surface area contributed by atoms with Crippen molar-refractivity contribution in [2.45, 2.75) is 5.92 Å². The second kappa shape index (κ2) is 4.92. The summed E-state index contributed by atoms with van der Waals surface area (Å²) in [5.74, 6) is 0.890. The molecule has 0 radical (unpaired) electrons. The first-order chi connectivity index (χ1) is 7.35. The number of rotatable bonds is 4. The summed E-state index contributed by atoms with van der Waals surface area (Å²) in [4.78, 5) is 2.36. The topological polar surface area (TPSA) is 23.5 Å². The Labute approximate surface area is 94.8 Å².